The van der Waals surface area contributed by atoms with E-state index in [0.717, 1.165) is 19.3 Å². The molecule has 18 heteroatoms. The number of nitrogens with one attached hydrogen (secondary N) is 2. The van der Waals surface area contributed by atoms with Crippen LogP contribution >= 0.6 is 26.7 Å². The number of halogens is 1. The number of carbonyl (C=O) groups is 1. The third kappa shape index (κ3) is 6.12. The molecule has 0 spiro atoms. The minimum absolute atomic E-state index is 0.0128. The number of amides is 1. The van der Waals surface area contributed by atoms with Crippen molar-refractivity contribution in [3.8, 4) is 0 Å². The van der Waals surface area contributed by atoms with Crippen LogP contribution in [0.25, 0.3) is 11.2 Å². The molecule has 4 aliphatic carbocycles. The highest BCUT2D eigenvalue weighted by atomic mass is 35.5. The fraction of sp³-hybridized carbons (Fsp3) is 0.739. The van der Waals surface area contributed by atoms with Gasteiger partial charge in [0.05, 0.1) is 6.33 Å². The van der Waals surface area contributed by atoms with E-state index in [2.05, 4.69) is 25.4 Å². The molecule has 4 bridgehead atoms. The van der Waals surface area contributed by atoms with Crippen LogP contribution in [-0.4, -0.2) is 81.1 Å². The van der Waals surface area contributed by atoms with Gasteiger partial charge in [0.15, 0.2) is 23.2 Å². The predicted molar refractivity (Wildman–Crippen MR) is 145 cm³/mol. The van der Waals surface area contributed by atoms with Gasteiger partial charge in [-0.3, -0.25) is 18.5 Å². The minimum atomic E-state index is -4.79. The Kier molecular flexibility index (Phi) is 7.63. The van der Waals surface area contributed by atoms with Gasteiger partial charge >= 0.3 is 7.60 Å². The molecule has 7 rings (SSSR count). The lowest BCUT2D eigenvalue weighted by Crippen LogP contribution is -2.47. The molecule has 0 aromatic carbocycles. The number of hydrogen-bond acceptors (Lipinski definition) is 9. The number of hydrogen-bond donors (Lipinski definition) is 7. The Hall–Kier alpha value is -1.51. The first-order valence-corrected chi connectivity index (χ1v) is 17.5. The van der Waals surface area contributed by atoms with Crippen molar-refractivity contribution < 1.29 is 43.6 Å². The molecule has 2 aromatic heterocycles. The lowest BCUT2D eigenvalue weighted by atomic mass is 9.49. The Morgan fingerprint density at radius 2 is 1.71 bits per heavy atom. The summed E-state index contributed by atoms with van der Waals surface area (Å²) in [4.78, 5) is 53.7. The quantitative estimate of drug-likeness (QED) is 0.154. The lowest BCUT2D eigenvalue weighted by molar-refractivity contribution is -0.124. The predicted octanol–water partition coefficient (Wildman–Crippen LogP) is 1.55. The van der Waals surface area contributed by atoms with E-state index in [1.54, 1.807) is 0 Å². The van der Waals surface area contributed by atoms with Gasteiger partial charge in [-0.05, 0) is 73.3 Å². The molecule has 41 heavy (non-hydrogen) atoms. The summed E-state index contributed by atoms with van der Waals surface area (Å²) in [5.41, 5.74) is 0.329. The van der Waals surface area contributed by atoms with Gasteiger partial charge in [-0.15, -0.1) is 0 Å². The summed E-state index contributed by atoms with van der Waals surface area (Å²) >= 11 is 6.19. The maximum Gasteiger partial charge on any atom is 0.336 e. The zero-order valence-electron chi connectivity index (χ0n) is 21.9. The SMILES string of the molecule is O=C(CC12CC3C[C@H](C1)C[C@H](C3)C2)Nc1nc(Cl)nc2c1ncn2[C@@H]1O[C@H](CNP(=O)(O)CP(=O)(O)O)C(O)C1O. The first kappa shape index (κ1) is 29.6. The van der Waals surface area contributed by atoms with Crippen LogP contribution in [0.3, 0.4) is 0 Å². The Bertz CT molecular complexity index is 1420. The summed E-state index contributed by atoms with van der Waals surface area (Å²) in [7, 11) is -9.25. The molecule has 3 unspecified atom stereocenters. The number of nitrogens with zero attached hydrogens (tertiary/aromatic N) is 4. The van der Waals surface area contributed by atoms with Gasteiger partial charge in [-0.2, -0.15) is 9.97 Å². The summed E-state index contributed by atoms with van der Waals surface area (Å²) in [5, 5.41) is 26.0. The van der Waals surface area contributed by atoms with Crippen LogP contribution in [0.5, 0.6) is 0 Å². The number of carbonyl (C=O) groups excluding carboxylic acids is 1. The van der Waals surface area contributed by atoms with Crippen LogP contribution in [0.2, 0.25) is 5.28 Å². The Morgan fingerprint density at radius 3 is 2.32 bits per heavy atom. The normalized spacial score (nSPS) is 36.1. The average molecular weight is 635 g/mol. The van der Waals surface area contributed by atoms with E-state index in [1.807, 2.05) is 0 Å². The lowest BCUT2D eigenvalue weighted by Gasteiger charge is -2.56. The molecule has 1 saturated heterocycles. The zero-order valence-corrected chi connectivity index (χ0v) is 24.5. The largest absolute Gasteiger partial charge is 0.387 e. The Labute approximate surface area is 239 Å². The number of imidazole rings is 1. The first-order valence-electron chi connectivity index (χ1n) is 13.5. The molecule has 0 radical (unpaired) electrons. The summed E-state index contributed by atoms with van der Waals surface area (Å²) < 4.78 is 30.2. The number of rotatable bonds is 9. The van der Waals surface area contributed by atoms with Crippen LogP contribution in [0.1, 0.15) is 51.2 Å². The Morgan fingerprint density at radius 1 is 1.07 bits per heavy atom. The van der Waals surface area contributed by atoms with Gasteiger partial charge in [0.2, 0.25) is 11.2 Å². The summed E-state index contributed by atoms with van der Waals surface area (Å²) in [5.74, 6) is 0.736. The number of aliphatic hydroxyl groups is 2. The van der Waals surface area contributed by atoms with Crippen molar-refractivity contribution >= 4 is 49.6 Å². The molecule has 4 saturated carbocycles. The van der Waals surface area contributed by atoms with Gasteiger partial charge in [-0.1, -0.05) is 0 Å². The van der Waals surface area contributed by atoms with E-state index in [9.17, 15) is 29.0 Å². The Balaban J connectivity index is 1.17. The van der Waals surface area contributed by atoms with Crippen LogP contribution in [0, 0.1) is 23.2 Å². The second-order valence-electron chi connectivity index (χ2n) is 12.2. The molecule has 3 heterocycles. The number of aromatic nitrogens is 4. The molecular weight excluding hydrogens is 602 g/mol. The molecule has 5 aliphatic rings. The van der Waals surface area contributed by atoms with E-state index in [1.165, 1.54) is 30.2 Å². The van der Waals surface area contributed by atoms with E-state index in [0.29, 0.717) is 24.2 Å². The third-order valence-corrected chi connectivity index (χ3v) is 12.7. The summed E-state index contributed by atoms with van der Waals surface area (Å²) in [6.07, 6.45) is 3.18. The molecule has 15 nitrogen and oxygen atoms in total. The van der Waals surface area contributed by atoms with Crippen molar-refractivity contribution in [3.63, 3.8) is 0 Å². The van der Waals surface area contributed by atoms with Crippen molar-refractivity contribution in [2.45, 2.75) is 69.5 Å². The highest BCUT2D eigenvalue weighted by molar-refractivity contribution is 7.71. The van der Waals surface area contributed by atoms with Crippen molar-refractivity contribution in [1.29, 1.82) is 0 Å². The fourth-order valence-electron chi connectivity index (χ4n) is 7.85. The van der Waals surface area contributed by atoms with Crippen LogP contribution in [0.4, 0.5) is 5.82 Å². The van der Waals surface area contributed by atoms with E-state index < -0.39 is 52.1 Å². The maximum atomic E-state index is 13.2. The highest BCUT2D eigenvalue weighted by Crippen LogP contribution is 2.61. The van der Waals surface area contributed by atoms with Crippen molar-refractivity contribution in [1.82, 2.24) is 24.6 Å². The average Bonchev–Trinajstić information content (AvgIpc) is 3.35. The molecule has 1 amide bonds. The van der Waals surface area contributed by atoms with E-state index in [-0.39, 0.29) is 33.6 Å². The third-order valence-electron chi connectivity index (χ3n) is 8.88. The van der Waals surface area contributed by atoms with Crippen molar-refractivity contribution in [2.75, 3.05) is 17.8 Å². The van der Waals surface area contributed by atoms with Crippen molar-refractivity contribution in [2.24, 2.45) is 23.2 Å². The first-order chi connectivity index (χ1) is 19.2. The topological polar surface area (TPSA) is 229 Å². The van der Waals surface area contributed by atoms with Gasteiger partial charge < -0.3 is 34.9 Å². The fourth-order valence-corrected chi connectivity index (χ4v) is 10.9. The molecule has 5 fully saturated rings. The number of ether oxygens (including phenoxy) is 1. The molecular formula is C23H33ClN6O9P2. The van der Waals surface area contributed by atoms with Gasteiger partial charge in [-0.25, -0.2) is 10.1 Å². The van der Waals surface area contributed by atoms with Crippen LogP contribution < -0.4 is 10.4 Å². The zero-order chi connectivity index (χ0) is 29.3. The molecule has 2 aromatic rings. The van der Waals surface area contributed by atoms with Crippen LogP contribution in [0.15, 0.2) is 6.33 Å². The molecule has 5 atom stereocenters. The number of fused-ring (bicyclic) bond motifs is 1. The maximum absolute atomic E-state index is 13.2. The molecule has 226 valence electrons. The summed E-state index contributed by atoms with van der Waals surface area (Å²) in [6, 6.07) is 0. The van der Waals surface area contributed by atoms with Crippen molar-refractivity contribution in [3.05, 3.63) is 11.6 Å². The van der Waals surface area contributed by atoms with Gasteiger partial charge in [0, 0.05) is 13.0 Å². The standard InChI is InChI=1S/C23H33ClN6O9P2/c24-22-28-19(27-15(31)7-23-4-11-1-12(5-23)3-13(2-11)6-23)16-20(29-22)30(9-25-16)21-18(33)17(32)14(39-21)8-26-40(34,35)10-41(36,37)38/h9,11-14,17-18,21,32-33H,1-8,10H2,(H2,26,34,35)(H2,36,37,38)(H,27,28,29,31)/t11-,12-,13?,14-,17?,18?,21-,23?/m1/s1. The van der Waals surface area contributed by atoms with E-state index >= 15 is 0 Å². The smallest absolute Gasteiger partial charge is 0.336 e. The van der Waals surface area contributed by atoms with Gasteiger partial charge in [0.25, 0.3) is 7.52 Å². The summed E-state index contributed by atoms with van der Waals surface area (Å²) in [6.45, 7) is -0.490. The highest BCUT2D eigenvalue weighted by Gasteiger charge is 2.51. The number of anilines is 1. The minimum Gasteiger partial charge on any atom is -0.387 e. The molecule has 1 aliphatic heterocycles. The molecule has 7 N–H and O–H groups in total. The second kappa shape index (κ2) is 10.6. The number of aliphatic hydroxyl groups excluding tert-OH is 2. The van der Waals surface area contributed by atoms with Gasteiger partial charge in [0.1, 0.15) is 24.2 Å². The van der Waals surface area contributed by atoms with Crippen LogP contribution in [-0.2, 0) is 18.7 Å². The second-order valence-corrected chi connectivity index (χ2v) is 16.7. The monoisotopic (exact) mass is 634 g/mol. The van der Waals surface area contributed by atoms with E-state index in [4.69, 9.17) is 26.1 Å².